The Balaban J connectivity index is 2.28. The molecule has 114 valence electrons. The number of hydrogen-bond donors (Lipinski definition) is 1. The molecule has 1 aromatic heterocycles. The van der Waals surface area contributed by atoms with E-state index in [0.29, 0.717) is 10.2 Å². The molecule has 0 bridgehead atoms. The molecule has 0 saturated carbocycles. The van der Waals surface area contributed by atoms with Gasteiger partial charge in [0.15, 0.2) is 0 Å². The molecule has 8 heteroatoms. The molecule has 1 heterocycles. The molecule has 0 saturated heterocycles. The average Bonchev–Trinajstić information content (AvgIpc) is 2.61. The first-order chi connectivity index (χ1) is 9.70. The standard InChI is InChI=1S/C13H13BrF3N3O/c1-7-12(14)10(20(2)19-7)6-21-11-4-3-8(18)5-9(11)13(15,16)17/h3-5H,6,18H2,1-2H3. The molecule has 0 unspecified atom stereocenters. The SMILES string of the molecule is Cc1nn(C)c(COc2ccc(N)cc2C(F)(F)F)c1Br. The molecule has 0 aliphatic rings. The van der Waals surface area contributed by atoms with Gasteiger partial charge in [-0.2, -0.15) is 18.3 Å². The van der Waals surface area contributed by atoms with Crippen LogP contribution in [0.2, 0.25) is 0 Å². The highest BCUT2D eigenvalue weighted by molar-refractivity contribution is 9.10. The quantitative estimate of drug-likeness (QED) is 0.846. The average molecular weight is 364 g/mol. The van der Waals surface area contributed by atoms with Crippen LogP contribution in [0.1, 0.15) is 17.0 Å². The number of aromatic nitrogens is 2. The van der Waals surface area contributed by atoms with E-state index in [9.17, 15) is 13.2 Å². The predicted octanol–water partition coefficient (Wildman–Crippen LogP) is 3.67. The zero-order valence-corrected chi connectivity index (χ0v) is 12.9. The third-order valence-corrected chi connectivity index (χ3v) is 3.97. The smallest absolute Gasteiger partial charge is 0.420 e. The summed E-state index contributed by atoms with van der Waals surface area (Å²) in [5, 5.41) is 4.16. The van der Waals surface area contributed by atoms with Crippen LogP contribution in [0, 0.1) is 6.92 Å². The molecule has 1 aromatic carbocycles. The fourth-order valence-corrected chi connectivity index (χ4v) is 2.33. The number of ether oxygens (including phenoxy) is 1. The van der Waals surface area contributed by atoms with Gasteiger partial charge < -0.3 is 10.5 Å². The second-order valence-corrected chi connectivity index (χ2v) is 5.30. The number of aryl methyl sites for hydroxylation is 2. The van der Waals surface area contributed by atoms with Gasteiger partial charge >= 0.3 is 6.18 Å². The van der Waals surface area contributed by atoms with E-state index >= 15 is 0 Å². The van der Waals surface area contributed by atoms with Gasteiger partial charge in [-0.15, -0.1) is 0 Å². The molecule has 0 aliphatic heterocycles. The van der Waals surface area contributed by atoms with Crippen LogP contribution < -0.4 is 10.5 Å². The highest BCUT2D eigenvalue weighted by atomic mass is 79.9. The van der Waals surface area contributed by atoms with Crippen LogP contribution >= 0.6 is 15.9 Å². The lowest BCUT2D eigenvalue weighted by atomic mass is 10.1. The maximum absolute atomic E-state index is 13.0. The fraction of sp³-hybridized carbons (Fsp3) is 0.308. The highest BCUT2D eigenvalue weighted by Gasteiger charge is 2.34. The summed E-state index contributed by atoms with van der Waals surface area (Å²) in [4.78, 5) is 0. The lowest BCUT2D eigenvalue weighted by molar-refractivity contribution is -0.139. The Morgan fingerprint density at radius 3 is 2.57 bits per heavy atom. The first kappa shape index (κ1) is 15.7. The number of alkyl halides is 3. The van der Waals surface area contributed by atoms with Crippen molar-refractivity contribution in [3.05, 3.63) is 39.6 Å². The molecular weight excluding hydrogens is 351 g/mol. The van der Waals surface area contributed by atoms with Crippen molar-refractivity contribution < 1.29 is 17.9 Å². The summed E-state index contributed by atoms with van der Waals surface area (Å²) < 4.78 is 46.5. The van der Waals surface area contributed by atoms with Crippen LogP contribution in [-0.4, -0.2) is 9.78 Å². The molecular formula is C13H13BrF3N3O. The van der Waals surface area contributed by atoms with Crippen LogP contribution in [-0.2, 0) is 19.8 Å². The van der Waals surface area contributed by atoms with Gasteiger partial charge in [0.05, 0.1) is 21.4 Å². The van der Waals surface area contributed by atoms with Gasteiger partial charge in [0.2, 0.25) is 0 Å². The fourth-order valence-electron chi connectivity index (χ4n) is 1.88. The van der Waals surface area contributed by atoms with Crippen LogP contribution in [0.15, 0.2) is 22.7 Å². The number of nitrogens with zero attached hydrogens (tertiary/aromatic N) is 2. The number of rotatable bonds is 3. The summed E-state index contributed by atoms with van der Waals surface area (Å²) in [7, 11) is 1.70. The van der Waals surface area contributed by atoms with E-state index < -0.39 is 11.7 Å². The minimum atomic E-state index is -4.52. The number of hydrogen-bond acceptors (Lipinski definition) is 3. The Bertz CT molecular complexity index is 667. The maximum Gasteiger partial charge on any atom is 0.420 e. The lowest BCUT2D eigenvalue weighted by Gasteiger charge is -2.14. The molecule has 4 nitrogen and oxygen atoms in total. The van der Waals surface area contributed by atoms with E-state index in [2.05, 4.69) is 21.0 Å². The Kier molecular flexibility index (Phi) is 4.18. The lowest BCUT2D eigenvalue weighted by Crippen LogP contribution is -2.11. The van der Waals surface area contributed by atoms with Gasteiger partial charge in [0.1, 0.15) is 12.4 Å². The van der Waals surface area contributed by atoms with E-state index in [4.69, 9.17) is 10.5 Å². The van der Waals surface area contributed by atoms with E-state index in [-0.39, 0.29) is 18.0 Å². The first-order valence-corrected chi connectivity index (χ1v) is 6.77. The second kappa shape index (κ2) is 5.59. The number of benzene rings is 1. The van der Waals surface area contributed by atoms with E-state index in [1.807, 2.05) is 0 Å². The second-order valence-electron chi connectivity index (χ2n) is 4.51. The van der Waals surface area contributed by atoms with Crippen molar-refractivity contribution in [3.63, 3.8) is 0 Å². The van der Waals surface area contributed by atoms with Crippen molar-refractivity contribution in [2.75, 3.05) is 5.73 Å². The molecule has 0 atom stereocenters. The van der Waals surface area contributed by atoms with Crippen LogP contribution in [0.25, 0.3) is 0 Å². The summed E-state index contributed by atoms with van der Waals surface area (Å²) in [6, 6.07) is 3.45. The van der Waals surface area contributed by atoms with Gasteiger partial charge in [-0.25, -0.2) is 0 Å². The van der Waals surface area contributed by atoms with E-state index in [0.717, 1.165) is 11.8 Å². The van der Waals surface area contributed by atoms with Crippen LogP contribution in [0.3, 0.4) is 0 Å². The zero-order chi connectivity index (χ0) is 15.8. The summed E-state index contributed by atoms with van der Waals surface area (Å²) in [6.07, 6.45) is -4.52. The van der Waals surface area contributed by atoms with Crippen LogP contribution in [0.4, 0.5) is 18.9 Å². The third-order valence-electron chi connectivity index (χ3n) is 2.94. The third kappa shape index (κ3) is 3.31. The van der Waals surface area contributed by atoms with Crippen molar-refractivity contribution in [1.82, 2.24) is 9.78 Å². The predicted molar refractivity (Wildman–Crippen MR) is 75.8 cm³/mol. The van der Waals surface area contributed by atoms with Crippen molar-refractivity contribution in [2.45, 2.75) is 19.7 Å². The summed E-state index contributed by atoms with van der Waals surface area (Å²) in [6.45, 7) is 1.75. The maximum atomic E-state index is 13.0. The molecule has 2 N–H and O–H groups in total. The summed E-state index contributed by atoms with van der Waals surface area (Å²) in [5.41, 5.74) is 5.94. The molecule has 0 amide bonds. The van der Waals surface area contributed by atoms with Crippen molar-refractivity contribution >= 4 is 21.6 Å². The van der Waals surface area contributed by atoms with Crippen molar-refractivity contribution in [2.24, 2.45) is 7.05 Å². The topological polar surface area (TPSA) is 53.1 Å². The largest absolute Gasteiger partial charge is 0.487 e. The normalized spacial score (nSPS) is 11.7. The van der Waals surface area contributed by atoms with Gasteiger partial charge in [-0.3, -0.25) is 4.68 Å². The number of nitrogens with two attached hydrogens (primary N) is 1. The number of anilines is 1. The van der Waals surface area contributed by atoms with E-state index in [1.165, 1.54) is 12.1 Å². The molecule has 0 spiro atoms. The Hall–Kier alpha value is -1.70. The molecule has 2 aromatic rings. The van der Waals surface area contributed by atoms with E-state index in [1.54, 1.807) is 18.7 Å². The number of halogens is 4. The summed E-state index contributed by atoms with van der Waals surface area (Å²) >= 11 is 3.34. The van der Waals surface area contributed by atoms with Gasteiger partial charge in [0, 0.05) is 12.7 Å². The highest BCUT2D eigenvalue weighted by Crippen LogP contribution is 2.37. The van der Waals surface area contributed by atoms with Gasteiger partial charge in [-0.05, 0) is 41.1 Å². The van der Waals surface area contributed by atoms with Crippen molar-refractivity contribution in [1.29, 1.82) is 0 Å². The molecule has 0 radical (unpaired) electrons. The Morgan fingerprint density at radius 1 is 1.38 bits per heavy atom. The molecule has 21 heavy (non-hydrogen) atoms. The molecule has 0 fully saturated rings. The number of nitrogen functional groups attached to an aromatic ring is 1. The minimum Gasteiger partial charge on any atom is -0.487 e. The van der Waals surface area contributed by atoms with Crippen molar-refractivity contribution in [3.8, 4) is 5.75 Å². The first-order valence-electron chi connectivity index (χ1n) is 5.97. The van der Waals surface area contributed by atoms with Crippen LogP contribution in [0.5, 0.6) is 5.75 Å². The summed E-state index contributed by atoms with van der Waals surface area (Å²) in [5.74, 6) is -0.262. The molecule has 0 aliphatic carbocycles. The Morgan fingerprint density at radius 2 is 2.05 bits per heavy atom. The monoisotopic (exact) mass is 363 g/mol. The minimum absolute atomic E-state index is 0.0345. The zero-order valence-electron chi connectivity index (χ0n) is 11.3. The van der Waals surface area contributed by atoms with Gasteiger partial charge in [-0.1, -0.05) is 0 Å². The molecule has 2 rings (SSSR count). The van der Waals surface area contributed by atoms with Gasteiger partial charge in [0.25, 0.3) is 0 Å². The Labute approximate surface area is 127 Å².